The van der Waals surface area contributed by atoms with Crippen molar-refractivity contribution in [2.24, 2.45) is 0 Å². The Balaban J connectivity index is 3.08. The highest BCUT2D eigenvalue weighted by atomic mass is 16.5. The molecule has 0 aromatic carbocycles. The van der Waals surface area contributed by atoms with Crippen LogP contribution in [0.25, 0.3) is 0 Å². The number of rotatable bonds is 5. The number of nitrogens with one attached hydrogen (secondary N) is 2. The lowest BCUT2D eigenvalue weighted by Gasteiger charge is -2.03. The zero-order valence-electron chi connectivity index (χ0n) is 7.50. The van der Waals surface area contributed by atoms with Gasteiger partial charge in [0.1, 0.15) is 0 Å². The lowest BCUT2D eigenvalue weighted by Crippen LogP contribution is -2.26. The monoisotopic (exact) mass is 190 g/mol. The van der Waals surface area contributed by atoms with Gasteiger partial charge in [-0.05, 0) is 12.8 Å². The molecule has 0 atom stereocenters. The molecular formula is C7H14N2O4. The number of methoxy groups -OCH3 is 1. The standard InChI is InChI=1S/C7H14N2O4/c1-13-7(12)9-5-3-2-4-8-6(10)11/h8H,2-5H2,1H3,(H,9,12)(H,10,11). The molecule has 0 aromatic rings. The van der Waals surface area contributed by atoms with E-state index in [0.717, 1.165) is 6.42 Å². The third kappa shape index (κ3) is 8.45. The second-order valence-corrected chi connectivity index (χ2v) is 2.36. The maximum Gasteiger partial charge on any atom is 0.406 e. The summed E-state index contributed by atoms with van der Waals surface area (Å²) in [6.45, 7) is 0.895. The van der Waals surface area contributed by atoms with Gasteiger partial charge in [-0.3, -0.25) is 0 Å². The van der Waals surface area contributed by atoms with Crippen LogP contribution in [0.5, 0.6) is 0 Å². The first-order chi connectivity index (χ1) is 6.16. The van der Waals surface area contributed by atoms with Gasteiger partial charge in [0.05, 0.1) is 7.11 Å². The van der Waals surface area contributed by atoms with Crippen LogP contribution in [0.1, 0.15) is 12.8 Å². The fourth-order valence-electron chi connectivity index (χ4n) is 0.708. The lowest BCUT2D eigenvalue weighted by atomic mass is 10.3. The minimum Gasteiger partial charge on any atom is -0.465 e. The fourth-order valence-corrected chi connectivity index (χ4v) is 0.708. The highest BCUT2D eigenvalue weighted by Crippen LogP contribution is 1.84. The molecule has 0 rings (SSSR count). The molecule has 0 unspecified atom stereocenters. The summed E-state index contributed by atoms with van der Waals surface area (Å²) in [6, 6.07) is 0. The number of alkyl carbamates (subject to hydrolysis) is 1. The maximum absolute atomic E-state index is 10.5. The van der Waals surface area contributed by atoms with Crippen LogP contribution in [0.15, 0.2) is 0 Å². The summed E-state index contributed by atoms with van der Waals surface area (Å²) in [7, 11) is 1.29. The van der Waals surface area contributed by atoms with Crippen molar-refractivity contribution < 1.29 is 19.4 Å². The first-order valence-electron chi connectivity index (χ1n) is 3.95. The van der Waals surface area contributed by atoms with E-state index in [2.05, 4.69) is 15.4 Å². The predicted octanol–water partition coefficient (Wildman–Crippen LogP) is 0.390. The first kappa shape index (κ1) is 11.5. The average molecular weight is 190 g/mol. The van der Waals surface area contributed by atoms with Crippen molar-refractivity contribution >= 4 is 12.2 Å². The largest absolute Gasteiger partial charge is 0.465 e. The van der Waals surface area contributed by atoms with Gasteiger partial charge in [-0.1, -0.05) is 0 Å². The van der Waals surface area contributed by atoms with Crippen LogP contribution in [0.3, 0.4) is 0 Å². The van der Waals surface area contributed by atoms with Gasteiger partial charge >= 0.3 is 12.2 Å². The molecule has 0 aliphatic rings. The predicted molar refractivity (Wildman–Crippen MR) is 45.7 cm³/mol. The molecule has 0 aromatic heterocycles. The summed E-state index contributed by atoms with van der Waals surface area (Å²) in [5.41, 5.74) is 0. The Hall–Kier alpha value is -1.46. The van der Waals surface area contributed by atoms with Crippen LogP contribution in [0.4, 0.5) is 9.59 Å². The Morgan fingerprint density at radius 2 is 1.77 bits per heavy atom. The van der Waals surface area contributed by atoms with Gasteiger partial charge in [-0.25, -0.2) is 9.59 Å². The molecule has 0 fully saturated rings. The Bertz CT molecular complexity index is 172. The van der Waals surface area contributed by atoms with E-state index in [1.165, 1.54) is 7.11 Å². The average Bonchev–Trinajstić information content (AvgIpc) is 2.10. The molecule has 3 N–H and O–H groups in total. The third-order valence-corrected chi connectivity index (χ3v) is 1.33. The Labute approximate surface area is 76.3 Å². The number of hydrogen-bond acceptors (Lipinski definition) is 3. The van der Waals surface area contributed by atoms with Crippen molar-refractivity contribution in [1.82, 2.24) is 10.6 Å². The van der Waals surface area contributed by atoms with Gasteiger partial charge in [0.25, 0.3) is 0 Å². The van der Waals surface area contributed by atoms with E-state index in [1.807, 2.05) is 0 Å². The van der Waals surface area contributed by atoms with Crippen molar-refractivity contribution in [3.63, 3.8) is 0 Å². The SMILES string of the molecule is COC(=O)NCCCCNC(=O)O. The highest BCUT2D eigenvalue weighted by molar-refractivity contribution is 5.66. The van der Waals surface area contributed by atoms with Crippen molar-refractivity contribution in [3.8, 4) is 0 Å². The smallest absolute Gasteiger partial charge is 0.406 e. The van der Waals surface area contributed by atoms with Crippen LogP contribution >= 0.6 is 0 Å². The Morgan fingerprint density at radius 1 is 1.23 bits per heavy atom. The van der Waals surface area contributed by atoms with Crippen molar-refractivity contribution in [3.05, 3.63) is 0 Å². The van der Waals surface area contributed by atoms with Gasteiger partial charge in [0.2, 0.25) is 0 Å². The maximum atomic E-state index is 10.5. The summed E-state index contributed by atoms with van der Waals surface area (Å²) in [4.78, 5) is 20.5. The second kappa shape index (κ2) is 7.20. The Kier molecular flexibility index (Phi) is 6.39. The quantitative estimate of drug-likeness (QED) is 0.547. The van der Waals surface area contributed by atoms with Crippen molar-refractivity contribution in [1.29, 1.82) is 0 Å². The summed E-state index contributed by atoms with van der Waals surface area (Å²) in [6.07, 6.45) is -0.0850. The minimum absolute atomic E-state index is 0.401. The van der Waals surface area contributed by atoms with E-state index < -0.39 is 12.2 Å². The van der Waals surface area contributed by atoms with Gasteiger partial charge in [0, 0.05) is 13.1 Å². The zero-order chi connectivity index (χ0) is 10.1. The normalized spacial score (nSPS) is 9.00. The summed E-state index contributed by atoms with van der Waals surface area (Å²) < 4.78 is 4.34. The van der Waals surface area contributed by atoms with Gasteiger partial charge < -0.3 is 20.5 Å². The number of carboxylic acid groups (broad SMARTS) is 1. The molecule has 0 aliphatic heterocycles. The molecular weight excluding hydrogens is 176 g/mol. The van der Waals surface area contributed by atoms with Crippen LogP contribution in [0.2, 0.25) is 0 Å². The van der Waals surface area contributed by atoms with E-state index in [-0.39, 0.29) is 0 Å². The highest BCUT2D eigenvalue weighted by Gasteiger charge is 1.96. The van der Waals surface area contributed by atoms with Gasteiger partial charge in [-0.15, -0.1) is 0 Å². The molecule has 0 spiro atoms. The number of unbranched alkanes of at least 4 members (excludes halogenated alkanes) is 1. The lowest BCUT2D eigenvalue weighted by molar-refractivity contribution is 0.170. The van der Waals surface area contributed by atoms with Crippen LogP contribution in [-0.2, 0) is 4.74 Å². The molecule has 0 saturated heterocycles. The molecule has 0 bridgehead atoms. The molecule has 6 heteroatoms. The topological polar surface area (TPSA) is 87.7 Å². The van der Waals surface area contributed by atoms with E-state index >= 15 is 0 Å². The molecule has 0 heterocycles. The van der Waals surface area contributed by atoms with Crippen LogP contribution in [-0.4, -0.2) is 37.5 Å². The molecule has 0 saturated carbocycles. The van der Waals surface area contributed by atoms with Crippen LogP contribution in [0, 0.1) is 0 Å². The van der Waals surface area contributed by atoms with Gasteiger partial charge in [-0.2, -0.15) is 0 Å². The van der Waals surface area contributed by atoms with E-state index in [4.69, 9.17) is 5.11 Å². The second-order valence-electron chi connectivity index (χ2n) is 2.36. The fraction of sp³-hybridized carbons (Fsp3) is 0.714. The molecule has 0 radical (unpaired) electrons. The molecule has 6 nitrogen and oxygen atoms in total. The van der Waals surface area contributed by atoms with E-state index in [0.29, 0.717) is 19.5 Å². The number of carbonyl (C=O) groups excluding carboxylic acids is 1. The van der Waals surface area contributed by atoms with E-state index in [9.17, 15) is 9.59 Å². The third-order valence-electron chi connectivity index (χ3n) is 1.33. The first-order valence-corrected chi connectivity index (χ1v) is 3.95. The van der Waals surface area contributed by atoms with Crippen molar-refractivity contribution in [2.75, 3.05) is 20.2 Å². The van der Waals surface area contributed by atoms with Gasteiger partial charge in [0.15, 0.2) is 0 Å². The summed E-state index contributed by atoms with van der Waals surface area (Å²) in [5.74, 6) is 0. The molecule has 13 heavy (non-hydrogen) atoms. The van der Waals surface area contributed by atoms with Crippen LogP contribution < -0.4 is 10.6 Å². The number of hydrogen-bond donors (Lipinski definition) is 3. The number of amides is 2. The number of carbonyl (C=O) groups is 2. The van der Waals surface area contributed by atoms with E-state index in [1.54, 1.807) is 0 Å². The summed E-state index contributed by atoms with van der Waals surface area (Å²) in [5, 5.41) is 12.9. The molecule has 2 amide bonds. The minimum atomic E-state index is -1.03. The van der Waals surface area contributed by atoms with Crippen molar-refractivity contribution in [2.45, 2.75) is 12.8 Å². The number of ether oxygens (including phenoxy) is 1. The molecule has 0 aliphatic carbocycles. The Morgan fingerprint density at radius 3 is 2.23 bits per heavy atom. The molecule has 76 valence electrons. The zero-order valence-corrected chi connectivity index (χ0v) is 7.50. The summed E-state index contributed by atoms with van der Waals surface area (Å²) >= 11 is 0.